The molecule has 0 saturated carbocycles. The second-order valence-corrected chi connectivity index (χ2v) is 11.1. The molecule has 5 rings (SSSR count). The van der Waals surface area contributed by atoms with Crippen LogP contribution in [0, 0.1) is 17.8 Å². The molecule has 44 heavy (non-hydrogen) atoms. The van der Waals surface area contributed by atoms with Gasteiger partial charge in [0.15, 0.2) is 0 Å². The number of carbonyl (C=O) groups is 2. The number of hydrogen-bond acceptors (Lipinski definition) is 7. The van der Waals surface area contributed by atoms with E-state index in [9.17, 15) is 22.8 Å². The van der Waals surface area contributed by atoms with Gasteiger partial charge >= 0.3 is 6.18 Å². The number of aromatic nitrogens is 2. The smallest absolute Gasteiger partial charge is 0.406 e. The monoisotopic (exact) mass is 612 g/mol. The fraction of sp³-hybridized carbons (Fsp3) is 0.452. The number of benzene rings is 2. The van der Waals surface area contributed by atoms with Crippen molar-refractivity contribution in [2.45, 2.75) is 38.1 Å². The van der Waals surface area contributed by atoms with E-state index in [1.54, 1.807) is 24.3 Å². The number of imidazole rings is 1. The normalized spacial score (nSPS) is 19.0. The second kappa shape index (κ2) is 13.2. The lowest BCUT2D eigenvalue weighted by molar-refractivity contribution is -0.139. The summed E-state index contributed by atoms with van der Waals surface area (Å²) in [5, 5.41) is 8.78. The minimum absolute atomic E-state index is 0.0873. The number of likely N-dealkylation sites (tertiary alicyclic amines) is 1. The predicted octanol–water partition coefficient (Wildman–Crippen LogP) is 3.27. The molecular formula is C31H35F3N6O4. The zero-order chi connectivity index (χ0) is 31.4. The van der Waals surface area contributed by atoms with Crippen LogP contribution in [0.1, 0.15) is 39.6 Å². The molecule has 234 valence electrons. The van der Waals surface area contributed by atoms with Crippen molar-refractivity contribution in [3.8, 4) is 17.6 Å². The molecule has 2 fully saturated rings. The molecule has 0 radical (unpaired) electrons. The third kappa shape index (κ3) is 7.09. The van der Waals surface area contributed by atoms with Gasteiger partial charge in [-0.1, -0.05) is 18.8 Å². The summed E-state index contributed by atoms with van der Waals surface area (Å²) in [4.78, 5) is 32.1. The molecule has 2 aliphatic heterocycles. The van der Waals surface area contributed by atoms with E-state index in [2.05, 4.69) is 44.6 Å². The Morgan fingerprint density at radius 3 is 2.64 bits per heavy atom. The zero-order valence-electron chi connectivity index (χ0n) is 24.8. The Hall–Kier alpha value is -4.28. The summed E-state index contributed by atoms with van der Waals surface area (Å²) in [5.74, 6) is 5.91. The number of rotatable bonds is 8. The van der Waals surface area contributed by atoms with E-state index in [1.165, 1.54) is 20.2 Å². The van der Waals surface area contributed by atoms with Gasteiger partial charge in [0.05, 0.1) is 56.0 Å². The molecule has 2 amide bonds. The summed E-state index contributed by atoms with van der Waals surface area (Å²) >= 11 is 0. The molecule has 3 aromatic rings. The minimum atomic E-state index is -4.47. The number of alkyl halides is 3. The van der Waals surface area contributed by atoms with E-state index >= 15 is 0 Å². The Labute approximate surface area is 253 Å². The van der Waals surface area contributed by atoms with Crippen molar-refractivity contribution in [1.82, 2.24) is 25.1 Å². The van der Waals surface area contributed by atoms with Crippen molar-refractivity contribution in [3.05, 3.63) is 53.3 Å². The van der Waals surface area contributed by atoms with Gasteiger partial charge in [-0.3, -0.25) is 14.5 Å². The molecule has 2 aromatic carbocycles. The maximum Gasteiger partial charge on any atom is 0.406 e. The Balaban J connectivity index is 1.36. The Kier molecular flexibility index (Phi) is 9.31. The van der Waals surface area contributed by atoms with Crippen LogP contribution in [0.25, 0.3) is 11.0 Å². The van der Waals surface area contributed by atoms with Gasteiger partial charge in [-0.25, -0.2) is 4.98 Å². The Morgan fingerprint density at radius 1 is 1.18 bits per heavy atom. The topological polar surface area (TPSA) is 110 Å². The summed E-state index contributed by atoms with van der Waals surface area (Å²) in [5.41, 5.74) is 1.96. The highest BCUT2D eigenvalue weighted by atomic mass is 19.4. The number of ether oxygens (including phenoxy) is 2. The summed E-state index contributed by atoms with van der Waals surface area (Å²) in [7, 11) is 3.02. The molecule has 13 heteroatoms. The van der Waals surface area contributed by atoms with Crippen molar-refractivity contribution >= 4 is 28.5 Å². The Bertz CT molecular complexity index is 1590. The van der Waals surface area contributed by atoms with Gasteiger partial charge in [-0.15, -0.1) is 0 Å². The number of nitrogens with zero attached hydrogens (tertiary/aromatic N) is 3. The molecule has 2 atom stereocenters. The number of halogens is 3. The van der Waals surface area contributed by atoms with Crippen molar-refractivity contribution in [1.29, 1.82) is 0 Å². The summed E-state index contributed by atoms with van der Waals surface area (Å²) in [6.07, 6.45) is -2.61. The van der Waals surface area contributed by atoms with Gasteiger partial charge in [0.25, 0.3) is 11.8 Å². The van der Waals surface area contributed by atoms with Crippen LogP contribution in [0.4, 0.5) is 18.9 Å². The average molecular weight is 613 g/mol. The molecule has 0 bridgehead atoms. The van der Waals surface area contributed by atoms with Gasteiger partial charge in [0.1, 0.15) is 17.8 Å². The van der Waals surface area contributed by atoms with Gasteiger partial charge in [-0.2, -0.15) is 13.2 Å². The maximum atomic E-state index is 13.6. The highest BCUT2D eigenvalue weighted by Gasteiger charge is 2.34. The molecule has 1 aromatic heterocycles. The number of piperidine rings is 1. The van der Waals surface area contributed by atoms with Crippen LogP contribution in [0.3, 0.4) is 0 Å². The molecule has 2 aliphatic rings. The SMILES string of the molecule is CNC(=O)c1ccc(NCC#Cc2cc(C(=O)N[C@H]3CCN(C4COC4)C[C@@H]3C)c3ncn(CC(F)(F)F)c3c2)c(OC)c1. The molecule has 2 saturated heterocycles. The molecule has 0 spiro atoms. The first-order valence-corrected chi connectivity index (χ1v) is 14.4. The summed E-state index contributed by atoms with van der Waals surface area (Å²) in [6.45, 7) is 4.12. The number of anilines is 1. The lowest BCUT2D eigenvalue weighted by Gasteiger charge is -2.44. The third-order valence-electron chi connectivity index (χ3n) is 8.00. The van der Waals surface area contributed by atoms with E-state index in [1.807, 2.05) is 0 Å². The van der Waals surface area contributed by atoms with Gasteiger partial charge in [0.2, 0.25) is 0 Å². The second-order valence-electron chi connectivity index (χ2n) is 11.1. The lowest BCUT2D eigenvalue weighted by atomic mass is 9.92. The van der Waals surface area contributed by atoms with E-state index in [4.69, 9.17) is 9.47 Å². The first-order chi connectivity index (χ1) is 21.1. The highest BCUT2D eigenvalue weighted by molar-refractivity contribution is 6.05. The van der Waals surface area contributed by atoms with Crippen LogP contribution in [0.2, 0.25) is 0 Å². The van der Waals surface area contributed by atoms with Gasteiger partial charge < -0.3 is 30.0 Å². The molecular weight excluding hydrogens is 577 g/mol. The molecule has 10 nitrogen and oxygen atoms in total. The highest BCUT2D eigenvalue weighted by Crippen LogP contribution is 2.27. The number of hydrogen-bond donors (Lipinski definition) is 3. The van der Waals surface area contributed by atoms with Crippen molar-refractivity contribution < 1.29 is 32.2 Å². The number of nitrogens with one attached hydrogen (secondary N) is 3. The standard InChI is InChI=1S/C31H35F3N6O4/c1-19-14-39(22-15-44-16-22)10-8-24(19)38-30(42)23-11-20(12-26-28(23)37-18-40(26)17-31(32,33)34)5-4-9-36-25-7-6-21(29(41)35-2)13-27(25)43-3/h6-7,11-13,18-19,22,24,36H,8-10,14-17H2,1-3H3,(H,35,41)(H,38,42)/t19-,24-/m0/s1. The lowest BCUT2D eigenvalue weighted by Crippen LogP contribution is -2.57. The van der Waals surface area contributed by atoms with Crippen LogP contribution in [-0.4, -0.2) is 91.5 Å². The van der Waals surface area contributed by atoms with Gasteiger partial charge in [0, 0.05) is 37.3 Å². The van der Waals surface area contributed by atoms with Crippen molar-refractivity contribution in [2.75, 3.05) is 52.3 Å². The van der Waals surface area contributed by atoms with Crippen molar-refractivity contribution in [2.24, 2.45) is 5.92 Å². The Morgan fingerprint density at radius 2 is 1.98 bits per heavy atom. The fourth-order valence-electron chi connectivity index (χ4n) is 5.54. The number of fused-ring (bicyclic) bond motifs is 1. The quantitative estimate of drug-likeness (QED) is 0.335. The first-order valence-electron chi connectivity index (χ1n) is 14.4. The van der Waals surface area contributed by atoms with Crippen molar-refractivity contribution in [3.63, 3.8) is 0 Å². The average Bonchev–Trinajstić information content (AvgIpc) is 3.35. The number of amides is 2. The van der Waals surface area contributed by atoms with Crippen LogP contribution < -0.4 is 20.7 Å². The van der Waals surface area contributed by atoms with E-state index in [-0.39, 0.29) is 41.0 Å². The summed E-state index contributed by atoms with van der Waals surface area (Å²) < 4.78 is 51.7. The van der Waals surface area contributed by atoms with E-state index < -0.39 is 18.6 Å². The number of methoxy groups -OCH3 is 1. The van der Waals surface area contributed by atoms with E-state index in [0.717, 1.165) is 43.6 Å². The predicted molar refractivity (Wildman–Crippen MR) is 159 cm³/mol. The van der Waals surface area contributed by atoms with Crippen LogP contribution in [0.5, 0.6) is 5.75 Å². The van der Waals surface area contributed by atoms with E-state index in [0.29, 0.717) is 28.6 Å². The largest absolute Gasteiger partial charge is 0.495 e. The fourth-order valence-corrected chi connectivity index (χ4v) is 5.54. The van der Waals surface area contributed by atoms with Crippen LogP contribution in [-0.2, 0) is 11.3 Å². The molecule has 0 aliphatic carbocycles. The third-order valence-corrected chi connectivity index (χ3v) is 8.00. The van der Waals surface area contributed by atoms with Gasteiger partial charge in [-0.05, 0) is 42.7 Å². The molecule has 0 unspecified atom stereocenters. The molecule has 3 heterocycles. The molecule has 3 N–H and O–H groups in total. The maximum absolute atomic E-state index is 13.6. The van der Waals surface area contributed by atoms with Crippen LogP contribution in [0.15, 0.2) is 36.7 Å². The summed E-state index contributed by atoms with van der Waals surface area (Å²) in [6, 6.07) is 8.35. The first kappa shape index (κ1) is 31.2. The number of carbonyl (C=O) groups excluding carboxylic acids is 2. The van der Waals surface area contributed by atoms with Crippen LogP contribution >= 0.6 is 0 Å². The zero-order valence-corrected chi connectivity index (χ0v) is 24.8. The minimum Gasteiger partial charge on any atom is -0.495 e.